The van der Waals surface area contributed by atoms with E-state index in [1.54, 1.807) is 6.92 Å². The Kier molecular flexibility index (Phi) is 4.32. The lowest BCUT2D eigenvalue weighted by Gasteiger charge is -2.10. The minimum Gasteiger partial charge on any atom is -0.489 e. The van der Waals surface area contributed by atoms with E-state index in [1.807, 2.05) is 0 Å². The zero-order chi connectivity index (χ0) is 10.7. The van der Waals surface area contributed by atoms with Crippen LogP contribution in [0, 0.1) is 0 Å². The lowest BCUT2D eigenvalue weighted by molar-refractivity contribution is 0.123. The van der Waals surface area contributed by atoms with Crippen molar-refractivity contribution in [3.8, 4) is 5.75 Å². The lowest BCUT2D eigenvalue weighted by Crippen LogP contribution is -2.12. The third-order valence-corrected chi connectivity index (χ3v) is 2.47. The van der Waals surface area contributed by atoms with E-state index in [-0.39, 0.29) is 6.61 Å². The van der Waals surface area contributed by atoms with Gasteiger partial charge in [0.05, 0.1) is 21.2 Å². The first-order valence-corrected chi connectivity index (χ1v) is 5.09. The van der Waals surface area contributed by atoms with Crippen LogP contribution < -0.4 is 4.74 Å². The maximum Gasteiger partial charge on any atom is 0.139 e. The molecule has 1 aromatic carbocycles. The minimum atomic E-state index is -0.555. The van der Waals surface area contributed by atoms with E-state index < -0.39 is 6.10 Å². The van der Waals surface area contributed by atoms with Crippen LogP contribution in [0.5, 0.6) is 5.75 Å². The highest BCUT2D eigenvalue weighted by Crippen LogP contribution is 2.33. The highest BCUT2D eigenvalue weighted by molar-refractivity contribution is 6.43. The first-order valence-electron chi connectivity index (χ1n) is 3.96. The molecule has 14 heavy (non-hydrogen) atoms. The van der Waals surface area contributed by atoms with E-state index in [1.165, 1.54) is 12.1 Å². The van der Waals surface area contributed by atoms with Gasteiger partial charge in [-0.2, -0.15) is 0 Å². The second-order valence-corrected chi connectivity index (χ2v) is 4.08. The first kappa shape index (κ1) is 11.9. The summed E-state index contributed by atoms with van der Waals surface area (Å²) in [4.78, 5) is 0. The highest BCUT2D eigenvalue weighted by atomic mass is 35.5. The molecule has 78 valence electrons. The summed E-state index contributed by atoms with van der Waals surface area (Å²) in [7, 11) is 0. The molecule has 0 amide bonds. The van der Waals surface area contributed by atoms with Gasteiger partial charge in [0.2, 0.25) is 0 Å². The highest BCUT2D eigenvalue weighted by Gasteiger charge is 2.07. The summed E-state index contributed by atoms with van der Waals surface area (Å²) in [5.41, 5.74) is 0. The summed E-state index contributed by atoms with van der Waals surface area (Å²) in [6, 6.07) is 3.03. The molecule has 0 saturated carbocycles. The molecule has 0 radical (unpaired) electrons. The molecule has 0 aromatic heterocycles. The van der Waals surface area contributed by atoms with Crippen molar-refractivity contribution in [1.82, 2.24) is 0 Å². The van der Waals surface area contributed by atoms with E-state index in [0.717, 1.165) is 0 Å². The molecule has 0 fully saturated rings. The summed E-state index contributed by atoms with van der Waals surface area (Å²) >= 11 is 17.3. The molecular formula is C9H9Cl3O2. The molecule has 0 spiro atoms. The Bertz CT molecular complexity index is 326. The van der Waals surface area contributed by atoms with Crippen molar-refractivity contribution in [3.05, 3.63) is 27.2 Å². The third kappa shape index (κ3) is 3.21. The van der Waals surface area contributed by atoms with E-state index >= 15 is 0 Å². The number of aliphatic hydroxyl groups is 1. The molecule has 1 N–H and O–H groups in total. The second kappa shape index (κ2) is 5.08. The van der Waals surface area contributed by atoms with Crippen LogP contribution in [0.1, 0.15) is 6.92 Å². The predicted octanol–water partition coefficient (Wildman–Crippen LogP) is 3.41. The average molecular weight is 256 g/mol. The average Bonchev–Trinajstić information content (AvgIpc) is 2.09. The smallest absolute Gasteiger partial charge is 0.139 e. The molecular weight excluding hydrogens is 246 g/mol. The van der Waals surface area contributed by atoms with Gasteiger partial charge in [-0.25, -0.2) is 0 Å². The monoisotopic (exact) mass is 254 g/mol. The summed E-state index contributed by atoms with van der Waals surface area (Å²) in [6.07, 6.45) is -0.555. The number of hydrogen-bond acceptors (Lipinski definition) is 2. The number of rotatable bonds is 3. The van der Waals surface area contributed by atoms with Gasteiger partial charge in [-0.1, -0.05) is 34.8 Å². The maximum absolute atomic E-state index is 9.00. The second-order valence-electron chi connectivity index (χ2n) is 2.86. The van der Waals surface area contributed by atoms with Gasteiger partial charge in [0.15, 0.2) is 0 Å². The van der Waals surface area contributed by atoms with Crippen molar-refractivity contribution in [2.24, 2.45) is 0 Å². The van der Waals surface area contributed by atoms with E-state index in [4.69, 9.17) is 44.6 Å². The van der Waals surface area contributed by atoms with Crippen molar-refractivity contribution in [2.75, 3.05) is 6.61 Å². The largest absolute Gasteiger partial charge is 0.489 e. The summed E-state index contributed by atoms with van der Waals surface area (Å²) in [6.45, 7) is 1.78. The van der Waals surface area contributed by atoms with Crippen molar-refractivity contribution < 1.29 is 9.84 Å². The quantitative estimate of drug-likeness (QED) is 0.839. The van der Waals surface area contributed by atoms with E-state index in [2.05, 4.69) is 0 Å². The van der Waals surface area contributed by atoms with Crippen LogP contribution in [0.15, 0.2) is 12.1 Å². The van der Waals surface area contributed by atoms with Crippen LogP contribution in [0.3, 0.4) is 0 Å². The Labute approximate surface area is 97.3 Å². The third-order valence-electron chi connectivity index (χ3n) is 1.45. The summed E-state index contributed by atoms with van der Waals surface area (Å²) in [5, 5.41) is 10.1. The van der Waals surface area contributed by atoms with Gasteiger partial charge in [-0.3, -0.25) is 0 Å². The Morgan fingerprint density at radius 3 is 2.36 bits per heavy atom. The van der Waals surface area contributed by atoms with Crippen LogP contribution in [-0.2, 0) is 0 Å². The molecule has 0 unspecified atom stereocenters. The predicted molar refractivity (Wildman–Crippen MR) is 58.6 cm³/mol. The molecule has 0 aliphatic heterocycles. The zero-order valence-electron chi connectivity index (χ0n) is 7.43. The number of hydrogen-bond donors (Lipinski definition) is 1. The van der Waals surface area contributed by atoms with Crippen LogP contribution in [0.25, 0.3) is 0 Å². The molecule has 1 atom stereocenters. The van der Waals surface area contributed by atoms with Crippen molar-refractivity contribution in [3.63, 3.8) is 0 Å². The Morgan fingerprint density at radius 2 is 1.79 bits per heavy atom. The van der Waals surface area contributed by atoms with Crippen molar-refractivity contribution in [1.29, 1.82) is 0 Å². The maximum atomic E-state index is 9.00. The fourth-order valence-corrected chi connectivity index (χ4v) is 1.42. The van der Waals surface area contributed by atoms with Crippen LogP contribution >= 0.6 is 34.8 Å². The van der Waals surface area contributed by atoms with Gasteiger partial charge < -0.3 is 9.84 Å². The summed E-state index contributed by atoms with van der Waals surface area (Å²) < 4.78 is 5.21. The van der Waals surface area contributed by atoms with Gasteiger partial charge in [0.1, 0.15) is 12.4 Å². The molecule has 1 rings (SSSR count). The molecule has 0 saturated heterocycles. The number of benzene rings is 1. The van der Waals surface area contributed by atoms with E-state index in [9.17, 15) is 0 Å². The Balaban J connectivity index is 2.82. The molecule has 5 heteroatoms. The van der Waals surface area contributed by atoms with Gasteiger partial charge in [-0.15, -0.1) is 0 Å². The van der Waals surface area contributed by atoms with Gasteiger partial charge in [0, 0.05) is 6.07 Å². The zero-order valence-corrected chi connectivity index (χ0v) is 9.70. The van der Waals surface area contributed by atoms with Crippen LogP contribution in [0.2, 0.25) is 15.1 Å². The standard InChI is InChI=1S/C9H9Cl3O2/c1-5(13)4-14-9-3-7(11)6(10)2-8(9)12/h2-3,5,13H,4H2,1H3/t5-/m1/s1. The van der Waals surface area contributed by atoms with E-state index in [0.29, 0.717) is 20.8 Å². The SMILES string of the molecule is C[C@@H](O)COc1cc(Cl)c(Cl)cc1Cl. The number of halogens is 3. The van der Waals surface area contributed by atoms with Crippen molar-refractivity contribution >= 4 is 34.8 Å². The number of ether oxygens (including phenoxy) is 1. The fraction of sp³-hybridized carbons (Fsp3) is 0.333. The molecule has 0 bridgehead atoms. The lowest BCUT2D eigenvalue weighted by atomic mass is 10.3. The molecule has 1 aromatic rings. The molecule has 0 heterocycles. The first-order chi connectivity index (χ1) is 6.50. The fourth-order valence-electron chi connectivity index (χ4n) is 0.825. The topological polar surface area (TPSA) is 29.5 Å². The van der Waals surface area contributed by atoms with Crippen molar-refractivity contribution in [2.45, 2.75) is 13.0 Å². The molecule has 0 aliphatic carbocycles. The minimum absolute atomic E-state index is 0.164. The van der Waals surface area contributed by atoms with Crippen LogP contribution in [0.4, 0.5) is 0 Å². The summed E-state index contributed by atoms with van der Waals surface area (Å²) in [5.74, 6) is 0.418. The van der Waals surface area contributed by atoms with Gasteiger partial charge in [-0.05, 0) is 13.0 Å². The van der Waals surface area contributed by atoms with Gasteiger partial charge in [0.25, 0.3) is 0 Å². The Morgan fingerprint density at radius 1 is 1.21 bits per heavy atom. The number of aliphatic hydroxyl groups excluding tert-OH is 1. The van der Waals surface area contributed by atoms with Gasteiger partial charge >= 0.3 is 0 Å². The molecule has 0 aliphatic rings. The van der Waals surface area contributed by atoms with Crippen LogP contribution in [-0.4, -0.2) is 17.8 Å². The Hall–Kier alpha value is -0.150. The normalized spacial score (nSPS) is 12.6. The molecule has 2 nitrogen and oxygen atoms in total.